The lowest BCUT2D eigenvalue weighted by molar-refractivity contribution is -0.133. The number of alkyl halides is 2. The number of anilines is 1. The van der Waals surface area contributed by atoms with Gasteiger partial charge in [-0.05, 0) is 32.8 Å². The molecule has 35 heavy (non-hydrogen) atoms. The third-order valence-electron chi connectivity index (χ3n) is 6.56. The predicted molar refractivity (Wildman–Crippen MR) is 124 cm³/mol. The van der Waals surface area contributed by atoms with E-state index in [1.165, 1.54) is 19.1 Å². The third kappa shape index (κ3) is 4.72. The summed E-state index contributed by atoms with van der Waals surface area (Å²) in [6, 6.07) is 4.61. The number of H-pyrrole nitrogens is 1. The molecule has 4 rings (SSSR count). The van der Waals surface area contributed by atoms with Crippen molar-refractivity contribution in [2.45, 2.75) is 51.7 Å². The van der Waals surface area contributed by atoms with Crippen LogP contribution in [0.5, 0.6) is 0 Å². The van der Waals surface area contributed by atoms with E-state index in [9.17, 15) is 27.9 Å². The fourth-order valence-corrected chi connectivity index (χ4v) is 4.57. The molecule has 186 valence electrons. The van der Waals surface area contributed by atoms with Crippen molar-refractivity contribution < 1.29 is 23.1 Å². The minimum absolute atomic E-state index is 0.00596. The monoisotopic (exact) mass is 489 g/mol. The van der Waals surface area contributed by atoms with Gasteiger partial charge in [0.2, 0.25) is 5.91 Å². The highest BCUT2D eigenvalue weighted by Crippen LogP contribution is 2.37. The first-order valence-corrected chi connectivity index (χ1v) is 11.2. The van der Waals surface area contributed by atoms with E-state index < -0.39 is 35.1 Å². The number of piperidine rings is 1. The van der Waals surface area contributed by atoms with Crippen molar-refractivity contribution >= 4 is 22.8 Å². The van der Waals surface area contributed by atoms with Gasteiger partial charge in [-0.1, -0.05) is 18.2 Å². The number of fused-ring (bicyclic) bond motifs is 1. The molecule has 8 nitrogen and oxygen atoms in total. The number of aliphatic hydroxyl groups is 1. The number of likely N-dealkylation sites (tertiary alicyclic amines) is 1. The van der Waals surface area contributed by atoms with Crippen LogP contribution in [0.1, 0.15) is 61.5 Å². The largest absolute Gasteiger partial charge is 0.385 e. The number of nitrogens with one attached hydrogen (secondary N) is 2. The average Bonchev–Trinajstić information content (AvgIpc) is 2.78. The second kappa shape index (κ2) is 9.29. The van der Waals surface area contributed by atoms with E-state index in [0.717, 1.165) is 6.07 Å². The van der Waals surface area contributed by atoms with E-state index in [0.29, 0.717) is 42.6 Å². The van der Waals surface area contributed by atoms with Gasteiger partial charge in [-0.15, -0.1) is 0 Å². The summed E-state index contributed by atoms with van der Waals surface area (Å²) < 4.78 is 41.0. The SMILES string of the molecule is CC(=O)N1CCC(O)(c2cc3c(N[C@H](C)c4cccc(C(F)F)c4F)nc(=O)[nH]c3nc2C)CC1. The fourth-order valence-electron chi connectivity index (χ4n) is 4.57. The Balaban J connectivity index is 1.74. The van der Waals surface area contributed by atoms with Crippen LogP contribution >= 0.6 is 0 Å². The van der Waals surface area contributed by atoms with Crippen LogP contribution in [-0.2, 0) is 10.4 Å². The third-order valence-corrected chi connectivity index (χ3v) is 6.56. The quantitative estimate of drug-likeness (QED) is 0.504. The maximum atomic E-state index is 14.7. The second-order valence-corrected chi connectivity index (χ2v) is 8.86. The molecule has 0 aliphatic carbocycles. The first kappa shape index (κ1) is 24.6. The molecule has 1 saturated heterocycles. The molecule has 0 bridgehead atoms. The molecule has 1 aliphatic heterocycles. The number of halogens is 3. The van der Waals surface area contributed by atoms with Gasteiger partial charge in [0.05, 0.1) is 22.6 Å². The van der Waals surface area contributed by atoms with Gasteiger partial charge in [0.15, 0.2) is 0 Å². The Hall–Kier alpha value is -3.47. The number of hydrogen-bond donors (Lipinski definition) is 3. The molecule has 0 saturated carbocycles. The molecule has 11 heteroatoms. The number of aromatic nitrogens is 3. The van der Waals surface area contributed by atoms with Crippen molar-refractivity contribution in [3.8, 4) is 0 Å². The summed E-state index contributed by atoms with van der Waals surface area (Å²) in [6.07, 6.45) is -2.35. The lowest BCUT2D eigenvalue weighted by Crippen LogP contribution is -2.44. The molecule has 2 aromatic heterocycles. The van der Waals surface area contributed by atoms with Gasteiger partial charge in [-0.25, -0.2) is 22.9 Å². The number of amides is 1. The van der Waals surface area contributed by atoms with Gasteiger partial charge in [-0.2, -0.15) is 4.98 Å². The van der Waals surface area contributed by atoms with Crippen molar-refractivity contribution in [3.63, 3.8) is 0 Å². The van der Waals surface area contributed by atoms with Crippen LogP contribution in [0.25, 0.3) is 11.0 Å². The Morgan fingerprint density at radius 1 is 1.23 bits per heavy atom. The van der Waals surface area contributed by atoms with E-state index in [4.69, 9.17) is 0 Å². The number of hydrogen-bond acceptors (Lipinski definition) is 6. The van der Waals surface area contributed by atoms with E-state index >= 15 is 0 Å². The topological polar surface area (TPSA) is 111 Å². The number of aryl methyl sites for hydroxylation is 1. The van der Waals surface area contributed by atoms with Gasteiger partial charge in [0.1, 0.15) is 17.3 Å². The Kier molecular flexibility index (Phi) is 6.54. The summed E-state index contributed by atoms with van der Waals surface area (Å²) in [5.41, 5.74) is -1.40. The number of benzene rings is 1. The van der Waals surface area contributed by atoms with Crippen molar-refractivity contribution in [3.05, 3.63) is 63.0 Å². The summed E-state index contributed by atoms with van der Waals surface area (Å²) in [5, 5.41) is 14.7. The Morgan fingerprint density at radius 3 is 2.51 bits per heavy atom. The highest BCUT2D eigenvalue weighted by atomic mass is 19.3. The number of pyridine rings is 1. The number of carbonyl (C=O) groups excluding carboxylic acids is 1. The van der Waals surface area contributed by atoms with Crippen LogP contribution in [-0.4, -0.2) is 44.0 Å². The molecule has 1 fully saturated rings. The zero-order chi connectivity index (χ0) is 25.5. The van der Waals surface area contributed by atoms with Crippen molar-refractivity contribution in [2.24, 2.45) is 0 Å². The molecule has 1 atom stereocenters. The minimum Gasteiger partial charge on any atom is -0.385 e. The molecule has 0 spiro atoms. The molecule has 3 heterocycles. The lowest BCUT2D eigenvalue weighted by atomic mass is 9.83. The average molecular weight is 489 g/mol. The molecule has 3 N–H and O–H groups in total. The van der Waals surface area contributed by atoms with Crippen molar-refractivity contribution in [1.82, 2.24) is 19.9 Å². The van der Waals surface area contributed by atoms with Gasteiger partial charge >= 0.3 is 5.69 Å². The normalized spacial score (nSPS) is 16.5. The fraction of sp³-hybridized carbons (Fsp3) is 0.417. The smallest absolute Gasteiger partial charge is 0.348 e. The molecular formula is C24H26F3N5O3. The Bertz CT molecular complexity index is 1340. The van der Waals surface area contributed by atoms with Crippen LogP contribution in [0.3, 0.4) is 0 Å². The van der Waals surface area contributed by atoms with E-state index in [2.05, 4.69) is 20.3 Å². The molecule has 0 radical (unpaired) electrons. The predicted octanol–water partition coefficient (Wildman–Crippen LogP) is 3.71. The van der Waals surface area contributed by atoms with Crippen molar-refractivity contribution in [1.29, 1.82) is 0 Å². The molecule has 3 aromatic rings. The van der Waals surface area contributed by atoms with Gasteiger partial charge in [-0.3, -0.25) is 9.78 Å². The number of nitrogens with zero attached hydrogens (tertiary/aromatic N) is 3. The molecule has 1 amide bonds. The van der Waals surface area contributed by atoms with E-state index in [1.807, 2.05) is 0 Å². The van der Waals surface area contributed by atoms with Crippen molar-refractivity contribution in [2.75, 3.05) is 18.4 Å². The number of rotatable bonds is 5. The van der Waals surface area contributed by atoms with Gasteiger partial charge in [0.25, 0.3) is 6.43 Å². The van der Waals surface area contributed by atoms with Crippen LogP contribution < -0.4 is 11.0 Å². The molecule has 1 aliphatic rings. The van der Waals surface area contributed by atoms with Gasteiger partial charge < -0.3 is 15.3 Å². The molecule has 0 unspecified atom stereocenters. The van der Waals surface area contributed by atoms with Gasteiger partial charge in [0, 0.05) is 36.8 Å². The van der Waals surface area contributed by atoms with Crippen LogP contribution in [0, 0.1) is 12.7 Å². The molecular weight excluding hydrogens is 463 g/mol. The molecule has 1 aromatic carbocycles. The standard InChI is InChI=1S/C24H26F3N5O3/c1-12(15-5-4-6-16(19(15)25)20(26)27)28-21-17-11-18(13(2)29-22(17)31-23(34)30-21)24(35)7-9-32(10-8-24)14(3)33/h4-6,11-12,20,35H,7-10H2,1-3H3,(H2,28,29,30,31,34)/t12-/m1/s1. The zero-order valence-corrected chi connectivity index (χ0v) is 19.5. The summed E-state index contributed by atoms with van der Waals surface area (Å²) in [7, 11) is 0. The maximum absolute atomic E-state index is 14.7. The summed E-state index contributed by atoms with van der Waals surface area (Å²) in [6.45, 7) is 5.53. The summed E-state index contributed by atoms with van der Waals surface area (Å²) >= 11 is 0. The van der Waals surface area contributed by atoms with Crippen LogP contribution in [0.4, 0.5) is 19.0 Å². The maximum Gasteiger partial charge on any atom is 0.348 e. The number of carbonyl (C=O) groups is 1. The number of aromatic amines is 1. The Labute approximate surface area is 199 Å². The highest BCUT2D eigenvalue weighted by molar-refractivity contribution is 5.87. The first-order valence-electron chi connectivity index (χ1n) is 11.2. The van der Waals surface area contributed by atoms with E-state index in [-0.39, 0.29) is 22.9 Å². The van der Waals surface area contributed by atoms with E-state index in [1.54, 1.807) is 24.8 Å². The summed E-state index contributed by atoms with van der Waals surface area (Å²) in [5.74, 6) is -1.01. The second-order valence-electron chi connectivity index (χ2n) is 8.86. The first-order chi connectivity index (χ1) is 16.5. The van der Waals surface area contributed by atoms with Crippen LogP contribution in [0.15, 0.2) is 29.1 Å². The highest BCUT2D eigenvalue weighted by Gasteiger charge is 2.36. The Morgan fingerprint density at radius 2 is 1.89 bits per heavy atom. The zero-order valence-electron chi connectivity index (χ0n) is 19.5. The van der Waals surface area contributed by atoms with Crippen LogP contribution in [0.2, 0.25) is 0 Å². The summed E-state index contributed by atoms with van der Waals surface area (Å²) in [4.78, 5) is 36.5. The minimum atomic E-state index is -2.97. The lowest BCUT2D eigenvalue weighted by Gasteiger charge is -2.38.